The van der Waals surface area contributed by atoms with E-state index >= 15 is 0 Å². The Hall–Kier alpha value is -0.590. The van der Waals surface area contributed by atoms with Crippen LogP contribution in [0.25, 0.3) is 0 Å². The number of nitrogens with one attached hydrogen (secondary N) is 1. The first-order valence-corrected chi connectivity index (χ1v) is 7.15. The van der Waals surface area contributed by atoms with Gasteiger partial charge in [0, 0.05) is 23.4 Å². The van der Waals surface area contributed by atoms with Crippen molar-refractivity contribution in [2.75, 3.05) is 13.7 Å². The van der Waals surface area contributed by atoms with Crippen molar-refractivity contribution in [1.82, 2.24) is 5.32 Å². The molecule has 2 rings (SSSR count). The Bertz CT molecular complexity index is 430. The summed E-state index contributed by atoms with van der Waals surface area (Å²) in [6, 6.07) is 1.99. The first-order valence-electron chi connectivity index (χ1n) is 6.33. The first kappa shape index (κ1) is 14.8. The molecule has 0 saturated heterocycles. The van der Waals surface area contributed by atoms with E-state index in [1.165, 1.54) is 4.88 Å². The molecule has 2 unspecified atom stereocenters. The number of fused-ring (bicyclic) bond motifs is 1. The van der Waals surface area contributed by atoms with Crippen LogP contribution in [0.4, 0.5) is 13.2 Å². The van der Waals surface area contributed by atoms with E-state index in [2.05, 4.69) is 12.2 Å². The van der Waals surface area contributed by atoms with Gasteiger partial charge in [0.25, 0.3) is 0 Å². The number of rotatable bonds is 4. The molecule has 0 radical (unpaired) electrons. The van der Waals surface area contributed by atoms with Gasteiger partial charge in [0.05, 0.1) is 12.6 Å². The molecule has 0 aromatic carbocycles. The Labute approximate surface area is 115 Å². The van der Waals surface area contributed by atoms with Crippen LogP contribution in [0, 0.1) is 0 Å². The van der Waals surface area contributed by atoms with Gasteiger partial charge in [-0.1, -0.05) is 6.92 Å². The topological polar surface area (TPSA) is 21.3 Å². The molecular weight excluding hydrogens is 275 g/mol. The van der Waals surface area contributed by atoms with Crippen molar-refractivity contribution in [3.8, 4) is 0 Å². The Morgan fingerprint density at radius 3 is 2.79 bits per heavy atom. The second-order valence-electron chi connectivity index (χ2n) is 4.95. The first-order chi connectivity index (χ1) is 8.90. The molecule has 1 aliphatic rings. The standard InChI is InChI=1S/C13H18F3NOS/c1-8-3-4-11(18-2)10-5-9(19-12(8)10)6-17-7-13(14,15)16/h5,8,11,17H,3-4,6-7H2,1-2H3. The quantitative estimate of drug-likeness (QED) is 0.906. The van der Waals surface area contributed by atoms with Crippen LogP contribution in [-0.2, 0) is 11.3 Å². The molecule has 1 aromatic heterocycles. The maximum atomic E-state index is 12.1. The maximum absolute atomic E-state index is 12.1. The lowest BCUT2D eigenvalue weighted by molar-refractivity contribution is -0.125. The lowest BCUT2D eigenvalue weighted by Gasteiger charge is -2.25. The van der Waals surface area contributed by atoms with Gasteiger partial charge in [-0.2, -0.15) is 13.2 Å². The number of hydrogen-bond donors (Lipinski definition) is 1. The largest absolute Gasteiger partial charge is 0.401 e. The minimum atomic E-state index is -4.15. The summed E-state index contributed by atoms with van der Waals surface area (Å²) >= 11 is 1.60. The third-order valence-electron chi connectivity index (χ3n) is 3.41. The van der Waals surface area contributed by atoms with Crippen LogP contribution in [0.3, 0.4) is 0 Å². The zero-order valence-corrected chi connectivity index (χ0v) is 11.8. The van der Waals surface area contributed by atoms with Gasteiger partial charge in [0.2, 0.25) is 0 Å². The molecule has 1 aliphatic carbocycles. The summed E-state index contributed by atoms with van der Waals surface area (Å²) in [6.45, 7) is 1.48. The second kappa shape index (κ2) is 5.81. The number of hydrogen-bond acceptors (Lipinski definition) is 3. The molecule has 1 heterocycles. The third kappa shape index (κ3) is 3.70. The smallest absolute Gasteiger partial charge is 0.377 e. The van der Waals surface area contributed by atoms with Gasteiger partial charge in [-0.05, 0) is 30.4 Å². The van der Waals surface area contributed by atoms with Crippen molar-refractivity contribution < 1.29 is 17.9 Å². The summed E-state index contributed by atoms with van der Waals surface area (Å²) < 4.78 is 41.7. The van der Waals surface area contributed by atoms with Gasteiger partial charge in [-0.3, -0.25) is 0 Å². The van der Waals surface area contributed by atoms with E-state index in [1.54, 1.807) is 18.4 Å². The Balaban J connectivity index is 2.04. The highest BCUT2D eigenvalue weighted by atomic mass is 32.1. The van der Waals surface area contributed by atoms with E-state index < -0.39 is 12.7 Å². The molecule has 2 atom stereocenters. The number of ether oxygens (including phenoxy) is 1. The van der Waals surface area contributed by atoms with E-state index in [-0.39, 0.29) is 12.6 Å². The van der Waals surface area contributed by atoms with Crippen LogP contribution >= 0.6 is 11.3 Å². The van der Waals surface area contributed by atoms with Gasteiger partial charge >= 0.3 is 6.18 Å². The Morgan fingerprint density at radius 1 is 1.42 bits per heavy atom. The molecule has 0 bridgehead atoms. The molecule has 108 valence electrons. The van der Waals surface area contributed by atoms with E-state index in [0.29, 0.717) is 5.92 Å². The Morgan fingerprint density at radius 2 is 2.16 bits per heavy atom. The van der Waals surface area contributed by atoms with Crippen LogP contribution < -0.4 is 5.32 Å². The number of halogens is 3. The minimum absolute atomic E-state index is 0.0961. The molecule has 1 aromatic rings. The minimum Gasteiger partial charge on any atom is -0.377 e. The van der Waals surface area contributed by atoms with Crippen molar-refractivity contribution in [3.63, 3.8) is 0 Å². The molecule has 0 amide bonds. The van der Waals surface area contributed by atoms with Crippen molar-refractivity contribution in [3.05, 3.63) is 21.4 Å². The summed E-state index contributed by atoms with van der Waals surface area (Å²) in [4.78, 5) is 2.21. The highest BCUT2D eigenvalue weighted by molar-refractivity contribution is 7.12. The van der Waals surface area contributed by atoms with Crippen molar-refractivity contribution >= 4 is 11.3 Å². The van der Waals surface area contributed by atoms with Crippen molar-refractivity contribution in [2.24, 2.45) is 0 Å². The monoisotopic (exact) mass is 293 g/mol. The zero-order chi connectivity index (χ0) is 14.0. The fraction of sp³-hybridized carbons (Fsp3) is 0.692. The SMILES string of the molecule is COC1CCC(C)c2sc(CNCC(F)(F)F)cc21. The van der Waals surface area contributed by atoms with Crippen LogP contribution in [0.2, 0.25) is 0 Å². The molecule has 0 aliphatic heterocycles. The number of alkyl halides is 3. The normalized spacial score (nSPS) is 23.4. The van der Waals surface area contributed by atoms with Crippen molar-refractivity contribution in [2.45, 2.75) is 44.5 Å². The second-order valence-corrected chi connectivity index (χ2v) is 6.12. The summed E-state index contributed by atoms with van der Waals surface area (Å²) in [5.41, 5.74) is 1.16. The van der Waals surface area contributed by atoms with Crippen LogP contribution in [0.1, 0.15) is 47.1 Å². The maximum Gasteiger partial charge on any atom is 0.401 e. The van der Waals surface area contributed by atoms with Crippen LogP contribution in [-0.4, -0.2) is 19.8 Å². The average Bonchev–Trinajstić information content (AvgIpc) is 2.73. The predicted molar refractivity (Wildman–Crippen MR) is 69.5 cm³/mol. The molecule has 0 saturated carbocycles. The highest BCUT2D eigenvalue weighted by Gasteiger charge is 2.28. The molecular formula is C13H18F3NOS. The lowest BCUT2D eigenvalue weighted by Crippen LogP contribution is -2.27. The summed E-state index contributed by atoms with van der Waals surface area (Å²) in [7, 11) is 1.68. The molecule has 0 spiro atoms. The number of methoxy groups -OCH3 is 1. The molecule has 19 heavy (non-hydrogen) atoms. The highest BCUT2D eigenvalue weighted by Crippen LogP contribution is 2.43. The number of thiophene rings is 1. The zero-order valence-electron chi connectivity index (χ0n) is 11.0. The average molecular weight is 293 g/mol. The third-order valence-corrected chi connectivity index (χ3v) is 4.79. The van der Waals surface area contributed by atoms with Gasteiger partial charge in [-0.15, -0.1) is 11.3 Å². The molecule has 2 nitrogen and oxygen atoms in total. The summed E-state index contributed by atoms with van der Waals surface area (Å²) in [5, 5.41) is 2.44. The van der Waals surface area contributed by atoms with E-state index in [4.69, 9.17) is 4.74 Å². The Kier molecular flexibility index (Phi) is 4.53. The fourth-order valence-electron chi connectivity index (χ4n) is 2.46. The van der Waals surface area contributed by atoms with E-state index in [1.807, 2.05) is 6.07 Å². The fourth-order valence-corrected chi connectivity index (χ4v) is 3.73. The van der Waals surface area contributed by atoms with Crippen molar-refractivity contribution in [1.29, 1.82) is 0 Å². The molecule has 0 fully saturated rings. The van der Waals surface area contributed by atoms with Crippen LogP contribution in [0.5, 0.6) is 0 Å². The lowest BCUT2D eigenvalue weighted by atomic mass is 9.88. The van der Waals surface area contributed by atoms with Gasteiger partial charge in [0.15, 0.2) is 0 Å². The van der Waals surface area contributed by atoms with E-state index in [0.717, 1.165) is 23.3 Å². The summed E-state index contributed by atoms with van der Waals surface area (Å²) in [6.07, 6.45) is -2.00. The van der Waals surface area contributed by atoms with Gasteiger partial charge in [0.1, 0.15) is 0 Å². The van der Waals surface area contributed by atoms with E-state index in [9.17, 15) is 13.2 Å². The van der Waals surface area contributed by atoms with Gasteiger partial charge in [-0.25, -0.2) is 0 Å². The summed E-state index contributed by atoms with van der Waals surface area (Å²) in [5.74, 6) is 0.475. The predicted octanol–water partition coefficient (Wildman–Crippen LogP) is 3.98. The molecule has 1 N–H and O–H groups in total. The van der Waals surface area contributed by atoms with Gasteiger partial charge < -0.3 is 10.1 Å². The molecule has 6 heteroatoms. The van der Waals surface area contributed by atoms with Crippen LogP contribution in [0.15, 0.2) is 6.07 Å².